The number of pyridine rings is 1. The zero-order valence-electron chi connectivity index (χ0n) is 11.6. The molecule has 0 spiro atoms. The Morgan fingerprint density at radius 3 is 2.38 bits per heavy atom. The second kappa shape index (κ2) is 5.67. The van der Waals surface area contributed by atoms with E-state index in [2.05, 4.69) is 10.1 Å². The number of hydrogen-bond acceptors (Lipinski definition) is 3. The Labute approximate surface area is 119 Å². The molecule has 4 nitrogen and oxygen atoms in total. The van der Waals surface area contributed by atoms with Crippen LogP contribution in [0.3, 0.4) is 0 Å². The van der Waals surface area contributed by atoms with Crippen LogP contribution in [0.1, 0.15) is 41.2 Å². The first-order valence-electron chi connectivity index (χ1n) is 6.51. The maximum Gasteiger partial charge on any atom is 0.417 e. The standard InChI is InChI=1S/C14H14F3N3O/c1-3-11-10(8-21)12(4-2)20(19-11)13-6-5-9(7-18-13)14(15,16)17/h5-8H,3-4H2,1-2H3. The summed E-state index contributed by atoms with van der Waals surface area (Å²) in [5, 5.41) is 4.27. The lowest BCUT2D eigenvalue weighted by Gasteiger charge is -2.08. The highest BCUT2D eigenvalue weighted by Gasteiger charge is 2.30. The second-order valence-corrected chi connectivity index (χ2v) is 4.45. The summed E-state index contributed by atoms with van der Waals surface area (Å²) in [4.78, 5) is 15.0. The van der Waals surface area contributed by atoms with Gasteiger partial charge in [0.05, 0.1) is 22.5 Å². The number of alkyl halides is 3. The van der Waals surface area contributed by atoms with E-state index in [1.807, 2.05) is 13.8 Å². The SMILES string of the molecule is CCc1nn(-c2ccc(C(F)(F)F)cn2)c(CC)c1C=O. The minimum Gasteiger partial charge on any atom is -0.298 e. The van der Waals surface area contributed by atoms with Crippen LogP contribution in [0.4, 0.5) is 13.2 Å². The van der Waals surface area contributed by atoms with Crippen LogP contribution in [0.5, 0.6) is 0 Å². The van der Waals surface area contributed by atoms with Crippen LogP contribution in [0, 0.1) is 0 Å². The van der Waals surface area contributed by atoms with E-state index in [1.165, 1.54) is 10.7 Å². The molecule has 0 aliphatic rings. The Balaban J connectivity index is 2.51. The fourth-order valence-electron chi connectivity index (χ4n) is 2.12. The minimum absolute atomic E-state index is 0.266. The lowest BCUT2D eigenvalue weighted by atomic mass is 10.1. The predicted molar refractivity (Wildman–Crippen MR) is 70.5 cm³/mol. The van der Waals surface area contributed by atoms with Gasteiger partial charge in [0, 0.05) is 6.20 Å². The highest BCUT2D eigenvalue weighted by molar-refractivity contribution is 5.78. The molecule has 0 amide bonds. The first-order chi connectivity index (χ1) is 9.92. The quantitative estimate of drug-likeness (QED) is 0.814. The molecule has 2 aromatic heterocycles. The van der Waals surface area contributed by atoms with E-state index in [1.54, 1.807) is 0 Å². The van der Waals surface area contributed by atoms with Crippen molar-refractivity contribution in [2.75, 3.05) is 0 Å². The number of carbonyl (C=O) groups excluding carboxylic acids is 1. The van der Waals surface area contributed by atoms with E-state index >= 15 is 0 Å². The molecule has 0 aliphatic heterocycles. The normalized spacial score (nSPS) is 11.7. The largest absolute Gasteiger partial charge is 0.417 e. The van der Waals surface area contributed by atoms with Gasteiger partial charge in [0.15, 0.2) is 12.1 Å². The number of aryl methyl sites for hydroxylation is 1. The summed E-state index contributed by atoms with van der Waals surface area (Å²) < 4.78 is 39.0. The van der Waals surface area contributed by atoms with Crippen molar-refractivity contribution in [3.8, 4) is 5.82 Å². The summed E-state index contributed by atoms with van der Waals surface area (Å²) in [6, 6.07) is 2.21. The monoisotopic (exact) mass is 297 g/mol. The molecule has 0 saturated carbocycles. The summed E-state index contributed by atoms with van der Waals surface area (Å²) in [5.41, 5.74) is 0.933. The van der Waals surface area contributed by atoms with Crippen LogP contribution in [0.25, 0.3) is 5.82 Å². The highest BCUT2D eigenvalue weighted by atomic mass is 19.4. The molecule has 7 heteroatoms. The van der Waals surface area contributed by atoms with Crippen molar-refractivity contribution in [3.05, 3.63) is 40.8 Å². The molecule has 0 saturated heterocycles. The van der Waals surface area contributed by atoms with Gasteiger partial charge in [-0.1, -0.05) is 13.8 Å². The van der Waals surface area contributed by atoms with E-state index in [0.717, 1.165) is 18.5 Å². The number of halogens is 3. The molecule has 2 heterocycles. The third kappa shape index (κ3) is 2.81. The van der Waals surface area contributed by atoms with Gasteiger partial charge < -0.3 is 0 Å². The molecule has 0 atom stereocenters. The third-order valence-corrected chi connectivity index (χ3v) is 3.18. The van der Waals surface area contributed by atoms with Gasteiger partial charge in [-0.3, -0.25) is 4.79 Å². The Bertz CT molecular complexity index is 645. The van der Waals surface area contributed by atoms with Gasteiger partial charge in [0.25, 0.3) is 0 Å². The smallest absolute Gasteiger partial charge is 0.298 e. The minimum atomic E-state index is -4.42. The number of carbonyl (C=O) groups is 1. The zero-order chi connectivity index (χ0) is 15.6. The van der Waals surface area contributed by atoms with Crippen molar-refractivity contribution in [1.29, 1.82) is 0 Å². The Morgan fingerprint density at radius 2 is 1.95 bits per heavy atom. The predicted octanol–water partition coefficient (Wildman–Crippen LogP) is 3.22. The van der Waals surface area contributed by atoms with Crippen LogP contribution in [-0.2, 0) is 19.0 Å². The molecule has 0 aromatic carbocycles. The van der Waals surface area contributed by atoms with E-state index in [0.29, 0.717) is 29.8 Å². The van der Waals surface area contributed by atoms with Gasteiger partial charge in [-0.15, -0.1) is 0 Å². The molecule has 21 heavy (non-hydrogen) atoms. The summed E-state index contributed by atoms with van der Waals surface area (Å²) in [5.74, 6) is 0.266. The fraction of sp³-hybridized carbons (Fsp3) is 0.357. The molecule has 0 radical (unpaired) electrons. The van der Waals surface area contributed by atoms with Crippen molar-refractivity contribution in [3.63, 3.8) is 0 Å². The summed E-state index contributed by atoms with van der Waals surface area (Å²) in [6.07, 6.45) is -1.84. The van der Waals surface area contributed by atoms with Crippen molar-refractivity contribution >= 4 is 6.29 Å². The fourth-order valence-corrected chi connectivity index (χ4v) is 2.12. The van der Waals surface area contributed by atoms with Crippen LogP contribution >= 0.6 is 0 Å². The van der Waals surface area contributed by atoms with Crippen LogP contribution in [0.2, 0.25) is 0 Å². The number of aromatic nitrogens is 3. The number of hydrogen-bond donors (Lipinski definition) is 0. The van der Waals surface area contributed by atoms with Crippen LogP contribution < -0.4 is 0 Å². The molecule has 0 N–H and O–H groups in total. The van der Waals surface area contributed by atoms with Crippen molar-refractivity contribution < 1.29 is 18.0 Å². The lowest BCUT2D eigenvalue weighted by molar-refractivity contribution is -0.137. The molecule has 2 aromatic rings. The van der Waals surface area contributed by atoms with Gasteiger partial charge in [-0.05, 0) is 25.0 Å². The van der Waals surface area contributed by atoms with E-state index < -0.39 is 11.7 Å². The highest BCUT2D eigenvalue weighted by Crippen LogP contribution is 2.29. The summed E-state index contributed by atoms with van der Waals surface area (Å²) in [7, 11) is 0. The van der Waals surface area contributed by atoms with Crippen LogP contribution in [0.15, 0.2) is 18.3 Å². The Hall–Kier alpha value is -2.18. The first-order valence-corrected chi connectivity index (χ1v) is 6.51. The van der Waals surface area contributed by atoms with Gasteiger partial charge in [-0.2, -0.15) is 18.3 Å². The molecule has 0 bridgehead atoms. The van der Waals surface area contributed by atoms with Crippen molar-refractivity contribution in [1.82, 2.24) is 14.8 Å². The molecule has 0 unspecified atom stereocenters. The summed E-state index contributed by atoms with van der Waals surface area (Å²) in [6.45, 7) is 3.71. The molecule has 0 aliphatic carbocycles. The second-order valence-electron chi connectivity index (χ2n) is 4.45. The van der Waals surface area contributed by atoms with E-state index in [9.17, 15) is 18.0 Å². The van der Waals surface area contributed by atoms with Gasteiger partial charge in [-0.25, -0.2) is 9.67 Å². The van der Waals surface area contributed by atoms with E-state index in [-0.39, 0.29) is 5.82 Å². The lowest BCUT2D eigenvalue weighted by Crippen LogP contribution is -2.09. The van der Waals surface area contributed by atoms with Gasteiger partial charge >= 0.3 is 6.18 Å². The number of rotatable bonds is 4. The average molecular weight is 297 g/mol. The molecule has 0 fully saturated rings. The van der Waals surface area contributed by atoms with E-state index in [4.69, 9.17) is 0 Å². The zero-order valence-corrected chi connectivity index (χ0v) is 11.6. The summed E-state index contributed by atoms with van der Waals surface area (Å²) >= 11 is 0. The van der Waals surface area contributed by atoms with Crippen LogP contribution in [-0.4, -0.2) is 21.1 Å². The Kier molecular flexibility index (Phi) is 4.11. The van der Waals surface area contributed by atoms with Gasteiger partial charge in [0.1, 0.15) is 0 Å². The third-order valence-electron chi connectivity index (χ3n) is 3.18. The number of aldehydes is 1. The Morgan fingerprint density at radius 1 is 1.24 bits per heavy atom. The van der Waals surface area contributed by atoms with Gasteiger partial charge in [0.2, 0.25) is 0 Å². The maximum atomic E-state index is 12.5. The van der Waals surface area contributed by atoms with Crippen molar-refractivity contribution in [2.24, 2.45) is 0 Å². The number of nitrogens with zero attached hydrogens (tertiary/aromatic N) is 3. The molecule has 112 valence electrons. The van der Waals surface area contributed by atoms with Crippen molar-refractivity contribution in [2.45, 2.75) is 32.9 Å². The maximum absolute atomic E-state index is 12.5. The molecular weight excluding hydrogens is 283 g/mol. The molecule has 2 rings (SSSR count). The average Bonchev–Trinajstić information content (AvgIpc) is 2.84. The first kappa shape index (κ1) is 15.2. The topological polar surface area (TPSA) is 47.8 Å². The molecular formula is C14H14F3N3O.